The summed E-state index contributed by atoms with van der Waals surface area (Å²) in [5.41, 5.74) is 2.77. The molecule has 0 spiro atoms. The molecule has 1 atom stereocenters. The molecular formula is C16H29N3. The van der Waals surface area contributed by atoms with E-state index in [0.29, 0.717) is 6.04 Å². The Balaban J connectivity index is 2.50. The van der Waals surface area contributed by atoms with Gasteiger partial charge < -0.3 is 15.1 Å². The highest BCUT2D eigenvalue weighted by atomic mass is 15.1. The van der Waals surface area contributed by atoms with Gasteiger partial charge in [-0.05, 0) is 65.8 Å². The van der Waals surface area contributed by atoms with Crippen LogP contribution in [0.1, 0.15) is 23.6 Å². The number of aryl methyl sites for hydroxylation is 1. The van der Waals surface area contributed by atoms with Crippen molar-refractivity contribution in [1.82, 2.24) is 15.1 Å². The number of rotatable bonds is 8. The molecule has 0 aliphatic rings. The van der Waals surface area contributed by atoms with E-state index in [0.717, 1.165) is 19.6 Å². The minimum atomic E-state index is 0.408. The van der Waals surface area contributed by atoms with Crippen molar-refractivity contribution in [2.24, 2.45) is 0 Å². The highest BCUT2D eigenvalue weighted by molar-refractivity contribution is 5.28. The zero-order chi connectivity index (χ0) is 14.3. The van der Waals surface area contributed by atoms with E-state index in [1.165, 1.54) is 17.5 Å². The number of nitrogens with zero attached hydrogens (tertiary/aromatic N) is 2. The molecule has 1 aromatic carbocycles. The second kappa shape index (κ2) is 8.31. The predicted molar refractivity (Wildman–Crippen MR) is 83.6 cm³/mol. The molecule has 0 aliphatic carbocycles. The Morgan fingerprint density at radius 2 is 1.79 bits per heavy atom. The first-order chi connectivity index (χ1) is 9.04. The van der Waals surface area contributed by atoms with E-state index in [-0.39, 0.29) is 0 Å². The summed E-state index contributed by atoms with van der Waals surface area (Å²) in [5.74, 6) is 0. The van der Waals surface area contributed by atoms with E-state index in [2.05, 4.69) is 67.4 Å². The molecule has 19 heavy (non-hydrogen) atoms. The fraction of sp³-hybridized carbons (Fsp3) is 0.625. The van der Waals surface area contributed by atoms with Crippen molar-refractivity contribution in [3.8, 4) is 0 Å². The van der Waals surface area contributed by atoms with Crippen LogP contribution in [0, 0.1) is 6.92 Å². The smallest absolute Gasteiger partial charge is 0.0449 e. The summed E-state index contributed by atoms with van der Waals surface area (Å²) in [4.78, 5) is 4.65. The van der Waals surface area contributed by atoms with E-state index in [1.54, 1.807) is 0 Å². The lowest BCUT2D eigenvalue weighted by molar-refractivity contribution is 0.275. The number of hydrogen-bond acceptors (Lipinski definition) is 3. The van der Waals surface area contributed by atoms with Crippen molar-refractivity contribution in [3.05, 3.63) is 35.4 Å². The van der Waals surface area contributed by atoms with Crippen LogP contribution >= 0.6 is 0 Å². The van der Waals surface area contributed by atoms with Gasteiger partial charge in [-0.2, -0.15) is 0 Å². The molecule has 1 rings (SSSR count). The first-order valence-corrected chi connectivity index (χ1v) is 7.10. The number of hydrogen-bond donors (Lipinski definition) is 1. The Kier molecular flexibility index (Phi) is 7.06. The SMILES string of the molecule is CNC(CN(C)CCCN(C)C)c1ccccc1C. The summed E-state index contributed by atoms with van der Waals surface area (Å²) in [6.07, 6.45) is 1.22. The molecule has 0 bridgehead atoms. The maximum atomic E-state index is 3.44. The van der Waals surface area contributed by atoms with Crippen LogP contribution in [0.25, 0.3) is 0 Å². The van der Waals surface area contributed by atoms with Gasteiger partial charge >= 0.3 is 0 Å². The van der Waals surface area contributed by atoms with Crippen LogP contribution in [0.5, 0.6) is 0 Å². The molecule has 3 nitrogen and oxygen atoms in total. The van der Waals surface area contributed by atoms with Crippen molar-refractivity contribution in [3.63, 3.8) is 0 Å². The monoisotopic (exact) mass is 263 g/mol. The lowest BCUT2D eigenvalue weighted by Gasteiger charge is -2.25. The number of nitrogens with one attached hydrogen (secondary N) is 1. The van der Waals surface area contributed by atoms with Crippen molar-refractivity contribution in [2.75, 3.05) is 47.8 Å². The molecule has 0 fully saturated rings. The topological polar surface area (TPSA) is 18.5 Å². The lowest BCUT2D eigenvalue weighted by Crippen LogP contribution is -2.33. The maximum Gasteiger partial charge on any atom is 0.0449 e. The summed E-state index contributed by atoms with van der Waals surface area (Å²) in [5, 5.41) is 3.44. The standard InChI is InChI=1S/C16H29N3/c1-14-9-6-7-10-15(14)16(17-2)13-19(5)12-8-11-18(3)4/h6-7,9-10,16-17H,8,11-13H2,1-5H3. The molecule has 0 amide bonds. The molecule has 1 N–H and O–H groups in total. The lowest BCUT2D eigenvalue weighted by atomic mass is 10.0. The Labute approximate surface area is 118 Å². The second-order valence-electron chi connectivity index (χ2n) is 5.62. The van der Waals surface area contributed by atoms with E-state index in [9.17, 15) is 0 Å². The summed E-state index contributed by atoms with van der Waals surface area (Å²) in [7, 11) is 8.51. The molecule has 0 saturated carbocycles. The highest BCUT2D eigenvalue weighted by Gasteiger charge is 2.13. The van der Waals surface area contributed by atoms with Gasteiger partial charge in [-0.1, -0.05) is 24.3 Å². The van der Waals surface area contributed by atoms with Crippen molar-refractivity contribution in [1.29, 1.82) is 0 Å². The van der Waals surface area contributed by atoms with E-state index in [1.807, 2.05) is 7.05 Å². The molecule has 3 heteroatoms. The highest BCUT2D eigenvalue weighted by Crippen LogP contribution is 2.17. The van der Waals surface area contributed by atoms with Crippen LogP contribution in [0.15, 0.2) is 24.3 Å². The van der Waals surface area contributed by atoms with Gasteiger partial charge in [-0.15, -0.1) is 0 Å². The first-order valence-electron chi connectivity index (χ1n) is 7.10. The Morgan fingerprint density at radius 3 is 2.37 bits per heavy atom. The quantitative estimate of drug-likeness (QED) is 0.775. The maximum absolute atomic E-state index is 3.44. The molecule has 0 aliphatic heterocycles. The average Bonchev–Trinajstić information content (AvgIpc) is 2.36. The summed E-state index contributed by atoms with van der Waals surface area (Å²) in [6.45, 7) is 5.53. The van der Waals surface area contributed by atoms with Gasteiger partial charge in [0.05, 0.1) is 0 Å². The van der Waals surface area contributed by atoms with Gasteiger partial charge in [0.1, 0.15) is 0 Å². The molecule has 0 heterocycles. The van der Waals surface area contributed by atoms with E-state index in [4.69, 9.17) is 0 Å². The van der Waals surface area contributed by atoms with Crippen LogP contribution in [-0.2, 0) is 0 Å². The molecule has 108 valence electrons. The van der Waals surface area contributed by atoms with Crippen LogP contribution in [0.3, 0.4) is 0 Å². The van der Waals surface area contributed by atoms with Gasteiger partial charge in [0, 0.05) is 12.6 Å². The second-order valence-corrected chi connectivity index (χ2v) is 5.62. The minimum absolute atomic E-state index is 0.408. The van der Waals surface area contributed by atoms with Crippen LogP contribution in [0.4, 0.5) is 0 Å². The van der Waals surface area contributed by atoms with Crippen LogP contribution in [0.2, 0.25) is 0 Å². The Bertz CT molecular complexity index is 363. The number of likely N-dealkylation sites (N-methyl/N-ethyl adjacent to an activating group) is 2. The Hall–Kier alpha value is -0.900. The van der Waals surface area contributed by atoms with Gasteiger partial charge in [0.2, 0.25) is 0 Å². The van der Waals surface area contributed by atoms with Gasteiger partial charge in [0.25, 0.3) is 0 Å². The molecule has 0 radical (unpaired) electrons. The Morgan fingerprint density at radius 1 is 1.11 bits per heavy atom. The summed E-state index contributed by atoms with van der Waals surface area (Å²) in [6, 6.07) is 9.05. The summed E-state index contributed by atoms with van der Waals surface area (Å²) >= 11 is 0. The van der Waals surface area contributed by atoms with Crippen molar-refractivity contribution < 1.29 is 0 Å². The third kappa shape index (κ3) is 5.72. The third-order valence-corrected chi connectivity index (χ3v) is 3.55. The molecule has 0 saturated heterocycles. The normalized spacial score (nSPS) is 13.2. The van der Waals surface area contributed by atoms with Crippen molar-refractivity contribution >= 4 is 0 Å². The summed E-state index contributed by atoms with van der Waals surface area (Å²) < 4.78 is 0. The largest absolute Gasteiger partial charge is 0.312 e. The molecule has 0 aromatic heterocycles. The zero-order valence-electron chi connectivity index (χ0n) is 13.1. The predicted octanol–water partition coefficient (Wildman–Crippen LogP) is 2.14. The van der Waals surface area contributed by atoms with Gasteiger partial charge in [0.15, 0.2) is 0 Å². The zero-order valence-corrected chi connectivity index (χ0v) is 13.1. The third-order valence-electron chi connectivity index (χ3n) is 3.55. The van der Waals surface area contributed by atoms with E-state index < -0.39 is 0 Å². The van der Waals surface area contributed by atoms with Crippen LogP contribution in [-0.4, -0.2) is 57.6 Å². The first kappa shape index (κ1) is 16.2. The average molecular weight is 263 g/mol. The molecule has 1 aromatic rings. The fourth-order valence-electron chi connectivity index (χ4n) is 2.38. The number of benzene rings is 1. The van der Waals surface area contributed by atoms with Crippen LogP contribution < -0.4 is 5.32 Å². The van der Waals surface area contributed by atoms with Crippen molar-refractivity contribution in [2.45, 2.75) is 19.4 Å². The van der Waals surface area contributed by atoms with E-state index >= 15 is 0 Å². The minimum Gasteiger partial charge on any atom is -0.312 e. The molecule has 1 unspecified atom stereocenters. The van der Waals surface area contributed by atoms with Gasteiger partial charge in [-0.3, -0.25) is 0 Å². The molecular weight excluding hydrogens is 234 g/mol. The van der Waals surface area contributed by atoms with Gasteiger partial charge in [-0.25, -0.2) is 0 Å². The fourth-order valence-corrected chi connectivity index (χ4v) is 2.38.